The van der Waals surface area contributed by atoms with Gasteiger partial charge in [-0.15, -0.1) is 0 Å². The number of hydrogen-bond donors (Lipinski definition) is 3. The monoisotopic (exact) mass is 253 g/mol. The minimum absolute atomic E-state index is 0.234. The smallest absolute Gasteiger partial charge is 0.308 e. The van der Waals surface area contributed by atoms with Gasteiger partial charge in [-0.2, -0.15) is 0 Å². The van der Waals surface area contributed by atoms with Crippen LogP contribution in [0, 0.1) is 0 Å². The van der Waals surface area contributed by atoms with Crippen molar-refractivity contribution in [1.82, 2.24) is 0 Å². The Balaban J connectivity index is 2.67. The zero-order valence-electron chi connectivity index (χ0n) is 10.4. The fraction of sp³-hybridized carbons (Fsp3) is 0.462. The number of hydrogen-bond acceptors (Lipinski definition) is 5. The quantitative estimate of drug-likeness (QED) is 0.642. The van der Waals surface area contributed by atoms with E-state index in [0.717, 1.165) is 5.56 Å². The highest BCUT2D eigenvalue weighted by atomic mass is 16.5. The van der Waals surface area contributed by atoms with E-state index < -0.39 is 18.2 Å². The first-order chi connectivity index (χ1) is 8.58. The molecule has 0 amide bonds. The topological polar surface area (TPSA) is 92.8 Å². The predicted octanol–water partition coefficient (Wildman–Crippen LogP) is 0.493. The van der Waals surface area contributed by atoms with Crippen LogP contribution in [0.2, 0.25) is 0 Å². The fourth-order valence-electron chi connectivity index (χ4n) is 1.63. The van der Waals surface area contributed by atoms with Crippen molar-refractivity contribution in [3.8, 4) is 0 Å². The molecule has 1 rings (SSSR count). The molecule has 5 nitrogen and oxygen atoms in total. The molecule has 2 atom stereocenters. The Morgan fingerprint density at radius 1 is 1.44 bits per heavy atom. The minimum Gasteiger partial charge on any atom is -0.466 e. The molecule has 0 aliphatic rings. The van der Waals surface area contributed by atoms with Crippen LogP contribution in [-0.4, -0.2) is 28.9 Å². The van der Waals surface area contributed by atoms with Gasteiger partial charge in [0, 0.05) is 6.54 Å². The molecule has 4 N–H and O–H groups in total. The summed E-state index contributed by atoms with van der Waals surface area (Å²) in [5.41, 5.74) is 6.89. The first kappa shape index (κ1) is 14.6. The van der Waals surface area contributed by atoms with Crippen molar-refractivity contribution in [3.05, 3.63) is 35.4 Å². The summed E-state index contributed by atoms with van der Waals surface area (Å²) in [5.74, 6) is -0.529. The first-order valence-electron chi connectivity index (χ1n) is 5.89. The van der Waals surface area contributed by atoms with E-state index in [0.29, 0.717) is 12.1 Å². The third-order valence-corrected chi connectivity index (χ3v) is 2.57. The highest BCUT2D eigenvalue weighted by molar-refractivity contribution is 5.70. The Kier molecular flexibility index (Phi) is 5.77. The molecule has 0 fully saturated rings. The second-order valence-corrected chi connectivity index (χ2v) is 3.97. The van der Waals surface area contributed by atoms with Gasteiger partial charge in [-0.25, -0.2) is 0 Å². The van der Waals surface area contributed by atoms with Gasteiger partial charge in [0.1, 0.15) is 6.10 Å². The highest BCUT2D eigenvalue weighted by Crippen LogP contribution is 2.20. The van der Waals surface area contributed by atoms with Crippen molar-refractivity contribution < 1.29 is 19.7 Å². The van der Waals surface area contributed by atoms with Crippen molar-refractivity contribution in [2.45, 2.75) is 32.1 Å². The normalized spacial score (nSPS) is 14.0. The van der Waals surface area contributed by atoms with Crippen LogP contribution in [0.3, 0.4) is 0 Å². The van der Waals surface area contributed by atoms with Gasteiger partial charge in [-0.1, -0.05) is 24.3 Å². The van der Waals surface area contributed by atoms with Crippen molar-refractivity contribution in [2.24, 2.45) is 5.73 Å². The highest BCUT2D eigenvalue weighted by Gasteiger charge is 2.22. The lowest BCUT2D eigenvalue weighted by Crippen LogP contribution is -2.23. The Morgan fingerprint density at radius 3 is 2.78 bits per heavy atom. The molecule has 18 heavy (non-hydrogen) atoms. The van der Waals surface area contributed by atoms with Crippen LogP contribution in [-0.2, 0) is 16.1 Å². The van der Waals surface area contributed by atoms with Crippen molar-refractivity contribution >= 4 is 5.97 Å². The lowest BCUT2D eigenvalue weighted by Gasteiger charge is -2.18. The van der Waals surface area contributed by atoms with Crippen LogP contribution in [0.1, 0.15) is 30.6 Å². The lowest BCUT2D eigenvalue weighted by molar-refractivity contribution is -0.147. The van der Waals surface area contributed by atoms with Gasteiger partial charge >= 0.3 is 5.97 Å². The van der Waals surface area contributed by atoms with E-state index in [1.165, 1.54) is 0 Å². The molecule has 5 heteroatoms. The zero-order chi connectivity index (χ0) is 13.5. The van der Waals surface area contributed by atoms with Gasteiger partial charge in [0.05, 0.1) is 19.1 Å². The number of aliphatic hydroxyl groups excluding tert-OH is 2. The van der Waals surface area contributed by atoms with Crippen molar-refractivity contribution in [2.75, 3.05) is 6.61 Å². The van der Waals surface area contributed by atoms with E-state index in [1.807, 2.05) is 6.07 Å². The van der Waals surface area contributed by atoms with Crippen molar-refractivity contribution in [3.63, 3.8) is 0 Å². The largest absolute Gasteiger partial charge is 0.466 e. The third kappa shape index (κ3) is 4.10. The van der Waals surface area contributed by atoms with E-state index in [2.05, 4.69) is 0 Å². The molecule has 1 aromatic rings. The summed E-state index contributed by atoms with van der Waals surface area (Å²) in [6.07, 6.45) is -2.54. The van der Waals surface area contributed by atoms with E-state index in [-0.39, 0.29) is 13.0 Å². The molecule has 100 valence electrons. The molecular weight excluding hydrogens is 234 g/mol. The molecule has 1 aromatic carbocycles. The van der Waals surface area contributed by atoms with E-state index in [4.69, 9.17) is 10.5 Å². The van der Waals surface area contributed by atoms with Gasteiger partial charge in [-0.3, -0.25) is 4.79 Å². The van der Waals surface area contributed by atoms with E-state index in [9.17, 15) is 15.0 Å². The molecule has 0 aliphatic carbocycles. The number of ether oxygens (including phenoxy) is 1. The van der Waals surface area contributed by atoms with E-state index in [1.54, 1.807) is 25.1 Å². The maximum Gasteiger partial charge on any atom is 0.308 e. The number of nitrogens with two attached hydrogens (primary N) is 1. The fourth-order valence-corrected chi connectivity index (χ4v) is 1.63. The summed E-state index contributed by atoms with van der Waals surface area (Å²) in [6, 6.07) is 6.96. The number of carbonyl (C=O) groups is 1. The summed E-state index contributed by atoms with van der Waals surface area (Å²) in [5, 5.41) is 19.7. The molecule has 0 saturated heterocycles. The molecular formula is C13H19NO4. The molecule has 0 radical (unpaired) electrons. The molecule has 2 unspecified atom stereocenters. The minimum atomic E-state index is -1.18. The van der Waals surface area contributed by atoms with Gasteiger partial charge in [0.25, 0.3) is 0 Å². The Bertz CT molecular complexity index is 394. The summed E-state index contributed by atoms with van der Waals surface area (Å²) >= 11 is 0. The average molecular weight is 253 g/mol. The zero-order valence-corrected chi connectivity index (χ0v) is 10.4. The van der Waals surface area contributed by atoms with Gasteiger partial charge in [0.15, 0.2) is 0 Å². The maximum absolute atomic E-state index is 11.2. The van der Waals surface area contributed by atoms with Crippen LogP contribution < -0.4 is 5.73 Å². The summed E-state index contributed by atoms with van der Waals surface area (Å²) in [6.45, 7) is 2.30. The van der Waals surface area contributed by atoms with Gasteiger partial charge in [-0.05, 0) is 18.1 Å². The van der Waals surface area contributed by atoms with Crippen LogP contribution >= 0.6 is 0 Å². The second kappa shape index (κ2) is 7.10. The molecule has 0 aromatic heterocycles. The Morgan fingerprint density at radius 2 is 2.17 bits per heavy atom. The van der Waals surface area contributed by atoms with Crippen LogP contribution in [0.5, 0.6) is 0 Å². The molecule has 0 spiro atoms. The van der Waals surface area contributed by atoms with Crippen LogP contribution in [0.25, 0.3) is 0 Å². The summed E-state index contributed by atoms with van der Waals surface area (Å²) < 4.78 is 4.71. The number of aliphatic hydroxyl groups is 2. The third-order valence-electron chi connectivity index (χ3n) is 2.57. The maximum atomic E-state index is 11.2. The number of benzene rings is 1. The molecule has 0 heterocycles. The first-order valence-corrected chi connectivity index (χ1v) is 5.89. The predicted molar refractivity (Wildman–Crippen MR) is 66.6 cm³/mol. The summed E-state index contributed by atoms with van der Waals surface area (Å²) in [4.78, 5) is 11.2. The SMILES string of the molecule is CCOC(=O)CC(O)C(O)c1cccc(CN)c1. The van der Waals surface area contributed by atoms with Gasteiger partial charge < -0.3 is 20.7 Å². The van der Waals surface area contributed by atoms with Crippen LogP contribution in [0.4, 0.5) is 0 Å². The Hall–Kier alpha value is -1.43. The van der Waals surface area contributed by atoms with Crippen LogP contribution in [0.15, 0.2) is 24.3 Å². The lowest BCUT2D eigenvalue weighted by atomic mass is 10.0. The van der Waals surface area contributed by atoms with E-state index >= 15 is 0 Å². The molecule has 0 aliphatic heterocycles. The Labute approximate surface area is 106 Å². The number of carbonyl (C=O) groups excluding carboxylic acids is 1. The summed E-state index contributed by atoms with van der Waals surface area (Å²) in [7, 11) is 0. The molecule has 0 bridgehead atoms. The standard InChI is InChI=1S/C13H19NO4/c1-2-18-12(16)7-11(15)13(17)10-5-3-4-9(6-10)8-14/h3-6,11,13,15,17H,2,7-8,14H2,1H3. The number of rotatable bonds is 6. The average Bonchev–Trinajstić information content (AvgIpc) is 2.38. The number of esters is 1. The van der Waals surface area contributed by atoms with Gasteiger partial charge in [0.2, 0.25) is 0 Å². The molecule has 0 saturated carbocycles. The van der Waals surface area contributed by atoms with Crippen molar-refractivity contribution in [1.29, 1.82) is 0 Å². The second-order valence-electron chi connectivity index (χ2n) is 3.97.